The summed E-state index contributed by atoms with van der Waals surface area (Å²) >= 11 is 0. The fraction of sp³-hybridized carbons (Fsp3) is 0.619. The Morgan fingerprint density at radius 3 is 2.55 bits per heavy atom. The summed E-state index contributed by atoms with van der Waals surface area (Å²) < 4.78 is 6.22. The molecule has 0 bridgehead atoms. The third kappa shape index (κ3) is 6.24. The lowest BCUT2D eigenvalue weighted by molar-refractivity contribution is 0.0756. The smallest absolute Gasteiger partial charge is 0.392 e. The second-order valence-electron chi connectivity index (χ2n) is 8.22. The maximum atomic E-state index is 12.0. The van der Waals surface area contributed by atoms with Crippen LogP contribution in [-0.4, -0.2) is 81.7 Å². The Labute approximate surface area is 171 Å². The van der Waals surface area contributed by atoms with Gasteiger partial charge in [-0.05, 0) is 45.8 Å². The number of likely N-dealkylation sites (N-methyl/N-ethyl adjacent to an activating group) is 1. The van der Waals surface area contributed by atoms with Crippen molar-refractivity contribution in [1.82, 2.24) is 19.5 Å². The van der Waals surface area contributed by atoms with Crippen LogP contribution in [-0.2, 0) is 6.54 Å². The largest absolute Gasteiger partial charge is 0.441 e. The van der Waals surface area contributed by atoms with E-state index in [4.69, 9.17) is 4.52 Å². The van der Waals surface area contributed by atoms with Crippen LogP contribution >= 0.6 is 0 Å². The molecule has 8 nitrogen and oxygen atoms in total. The topological polar surface area (TPSA) is 95.0 Å². The number of β-amino-alcohol motifs (C(OH)–C–C–N with tert-alkyl or cyclic N) is 1. The van der Waals surface area contributed by atoms with Crippen molar-refractivity contribution in [1.29, 1.82) is 0 Å². The van der Waals surface area contributed by atoms with E-state index in [1.54, 1.807) is 0 Å². The van der Waals surface area contributed by atoms with E-state index in [0.717, 1.165) is 44.6 Å². The molecule has 1 aromatic carbocycles. The summed E-state index contributed by atoms with van der Waals surface area (Å²) in [5.74, 6) is 0.453. The number of aliphatic hydroxyl groups excluding tert-OH is 2. The third-order valence-electron chi connectivity index (χ3n) is 5.43. The van der Waals surface area contributed by atoms with Gasteiger partial charge in [-0.1, -0.05) is 35.5 Å². The van der Waals surface area contributed by atoms with E-state index in [2.05, 4.69) is 15.0 Å². The summed E-state index contributed by atoms with van der Waals surface area (Å²) in [6, 6.07) is 9.35. The van der Waals surface area contributed by atoms with Crippen LogP contribution in [0.5, 0.6) is 0 Å². The Morgan fingerprint density at radius 2 is 1.90 bits per heavy atom. The number of hydrogen-bond donors (Lipinski definition) is 2. The van der Waals surface area contributed by atoms with E-state index in [9.17, 15) is 15.0 Å². The highest BCUT2D eigenvalue weighted by Gasteiger charge is 2.22. The molecular formula is C21H32N4O4. The summed E-state index contributed by atoms with van der Waals surface area (Å²) in [4.78, 5) is 16.5. The molecule has 0 spiro atoms. The van der Waals surface area contributed by atoms with E-state index in [1.807, 2.05) is 44.3 Å². The van der Waals surface area contributed by atoms with Crippen molar-refractivity contribution in [2.75, 3.05) is 39.8 Å². The Kier molecular flexibility index (Phi) is 7.60. The van der Waals surface area contributed by atoms with Gasteiger partial charge in [-0.25, -0.2) is 4.79 Å². The minimum Gasteiger partial charge on any atom is -0.392 e. The van der Waals surface area contributed by atoms with Gasteiger partial charge < -0.3 is 20.0 Å². The summed E-state index contributed by atoms with van der Waals surface area (Å²) in [5, 5.41) is 23.9. The van der Waals surface area contributed by atoms with E-state index in [0.29, 0.717) is 18.3 Å². The van der Waals surface area contributed by atoms with Gasteiger partial charge in [-0.15, -0.1) is 0 Å². The van der Waals surface area contributed by atoms with Crippen LogP contribution in [0.25, 0.3) is 11.4 Å². The van der Waals surface area contributed by atoms with Crippen LogP contribution in [0.1, 0.15) is 19.8 Å². The number of rotatable bonds is 9. The van der Waals surface area contributed by atoms with Crippen molar-refractivity contribution in [2.45, 2.75) is 38.5 Å². The molecule has 1 aliphatic heterocycles. The van der Waals surface area contributed by atoms with E-state index in [1.165, 1.54) is 4.57 Å². The first-order chi connectivity index (χ1) is 13.9. The molecule has 0 radical (unpaired) electrons. The normalized spacial score (nSPS) is 18.2. The molecule has 1 saturated heterocycles. The van der Waals surface area contributed by atoms with Gasteiger partial charge >= 0.3 is 5.76 Å². The van der Waals surface area contributed by atoms with Gasteiger partial charge in [-0.2, -0.15) is 0 Å². The standard InChI is InChI=1S/C21H32N4O4/c1-16(26)12-24-10-8-17(9-11-24)13-23(2)14-19(27)15-25-20(22-29-21(25)28)18-6-4-3-5-7-18/h3-7,16-17,19,26-27H,8-15H2,1-2H3. The Hall–Kier alpha value is -2.00. The van der Waals surface area contributed by atoms with Crippen LogP contribution in [0.2, 0.25) is 0 Å². The van der Waals surface area contributed by atoms with Crippen molar-refractivity contribution in [2.24, 2.45) is 5.92 Å². The summed E-state index contributed by atoms with van der Waals surface area (Å²) in [6.07, 6.45) is 1.20. The quantitative estimate of drug-likeness (QED) is 0.641. The van der Waals surface area contributed by atoms with Gasteiger partial charge in [0.05, 0.1) is 18.8 Å². The van der Waals surface area contributed by atoms with Crippen LogP contribution in [0.3, 0.4) is 0 Å². The highest BCUT2D eigenvalue weighted by Crippen LogP contribution is 2.19. The molecule has 160 valence electrons. The number of piperidine rings is 1. The van der Waals surface area contributed by atoms with E-state index < -0.39 is 11.9 Å². The number of aromatic nitrogens is 2. The van der Waals surface area contributed by atoms with Crippen LogP contribution in [0.4, 0.5) is 0 Å². The van der Waals surface area contributed by atoms with Crippen molar-refractivity contribution < 1.29 is 14.7 Å². The lowest BCUT2D eigenvalue weighted by Gasteiger charge is -2.34. The first-order valence-electron chi connectivity index (χ1n) is 10.3. The van der Waals surface area contributed by atoms with E-state index >= 15 is 0 Å². The zero-order chi connectivity index (χ0) is 20.8. The lowest BCUT2D eigenvalue weighted by Crippen LogP contribution is -2.42. The fourth-order valence-electron chi connectivity index (χ4n) is 4.09. The fourth-order valence-corrected chi connectivity index (χ4v) is 4.09. The molecule has 0 amide bonds. The summed E-state index contributed by atoms with van der Waals surface area (Å²) in [7, 11) is 2.00. The van der Waals surface area contributed by atoms with Crippen molar-refractivity contribution in [3.63, 3.8) is 0 Å². The molecule has 0 saturated carbocycles. The maximum Gasteiger partial charge on any atom is 0.441 e. The molecule has 0 aliphatic carbocycles. The molecule has 8 heteroatoms. The second kappa shape index (κ2) is 10.2. The summed E-state index contributed by atoms with van der Waals surface area (Å²) in [6.45, 7) is 6.09. The van der Waals surface area contributed by atoms with Crippen molar-refractivity contribution in [3.05, 3.63) is 40.9 Å². The molecule has 2 unspecified atom stereocenters. The minimum atomic E-state index is -0.699. The number of aliphatic hydroxyl groups is 2. The summed E-state index contributed by atoms with van der Waals surface area (Å²) in [5.41, 5.74) is 0.780. The molecule has 3 rings (SSSR count). The molecule has 2 atom stereocenters. The van der Waals surface area contributed by atoms with Crippen LogP contribution in [0, 0.1) is 5.92 Å². The number of benzene rings is 1. The lowest BCUT2D eigenvalue weighted by atomic mass is 9.96. The molecule has 2 aromatic rings. The monoisotopic (exact) mass is 404 g/mol. The number of hydrogen-bond acceptors (Lipinski definition) is 7. The highest BCUT2D eigenvalue weighted by molar-refractivity contribution is 5.54. The molecule has 1 fully saturated rings. The first kappa shape index (κ1) is 21.7. The van der Waals surface area contributed by atoms with Gasteiger partial charge in [0.15, 0.2) is 5.82 Å². The highest BCUT2D eigenvalue weighted by atomic mass is 16.5. The number of nitrogens with zero attached hydrogens (tertiary/aromatic N) is 4. The van der Waals surface area contributed by atoms with Crippen LogP contribution in [0.15, 0.2) is 39.6 Å². The number of likely N-dealkylation sites (tertiary alicyclic amines) is 1. The molecule has 29 heavy (non-hydrogen) atoms. The Bertz CT molecular complexity index is 797. The Morgan fingerprint density at radius 1 is 1.21 bits per heavy atom. The average molecular weight is 405 g/mol. The predicted molar refractivity (Wildman–Crippen MR) is 111 cm³/mol. The van der Waals surface area contributed by atoms with Gasteiger partial charge in [0.2, 0.25) is 0 Å². The van der Waals surface area contributed by atoms with Crippen molar-refractivity contribution >= 4 is 0 Å². The molecule has 2 heterocycles. The molecule has 2 N–H and O–H groups in total. The van der Waals surface area contributed by atoms with Gasteiger partial charge in [-0.3, -0.25) is 9.09 Å². The van der Waals surface area contributed by atoms with Crippen molar-refractivity contribution in [3.8, 4) is 11.4 Å². The van der Waals surface area contributed by atoms with Gasteiger partial charge in [0, 0.05) is 25.2 Å². The Balaban J connectivity index is 1.50. The zero-order valence-electron chi connectivity index (χ0n) is 17.3. The zero-order valence-corrected chi connectivity index (χ0v) is 17.3. The SMILES string of the molecule is CC(O)CN1CCC(CN(C)CC(O)Cn2c(-c3ccccc3)noc2=O)CC1. The molecule has 1 aromatic heterocycles. The predicted octanol–water partition coefficient (Wildman–Crippen LogP) is 0.889. The van der Waals surface area contributed by atoms with E-state index in [-0.39, 0.29) is 12.6 Å². The maximum absolute atomic E-state index is 12.0. The molecular weight excluding hydrogens is 372 g/mol. The average Bonchev–Trinajstić information content (AvgIpc) is 3.04. The van der Waals surface area contributed by atoms with Gasteiger partial charge in [0.25, 0.3) is 0 Å². The third-order valence-corrected chi connectivity index (χ3v) is 5.43. The molecule has 1 aliphatic rings. The van der Waals surface area contributed by atoms with Crippen LogP contribution < -0.4 is 5.76 Å². The second-order valence-corrected chi connectivity index (χ2v) is 8.22. The van der Waals surface area contributed by atoms with Gasteiger partial charge in [0.1, 0.15) is 0 Å². The first-order valence-corrected chi connectivity index (χ1v) is 10.3. The minimum absolute atomic E-state index is 0.143.